The number of hydrogen-bond acceptors (Lipinski definition) is 4. The fraction of sp³-hybridized carbons (Fsp3) is 0.375. The van der Waals surface area contributed by atoms with Crippen LogP contribution in [0.2, 0.25) is 0 Å². The highest BCUT2D eigenvalue weighted by atomic mass is 32.1. The fourth-order valence-corrected chi connectivity index (χ4v) is 1.61. The maximum atomic E-state index is 11.0. The second-order valence-electron chi connectivity index (χ2n) is 2.78. The number of thiazole rings is 1. The Hall–Kier alpha value is -1.63. The number of carboxylic acid groups (broad SMARTS) is 1. The number of nitrogens with zero attached hydrogens (tertiary/aromatic N) is 1. The van der Waals surface area contributed by atoms with Crippen LogP contribution in [0.3, 0.4) is 0 Å². The largest absolute Gasteiger partial charge is 0.480 e. The molecule has 82 valence electrons. The van der Waals surface area contributed by atoms with Crippen LogP contribution in [0.1, 0.15) is 9.88 Å². The molecule has 0 fully saturated rings. The summed E-state index contributed by atoms with van der Waals surface area (Å²) in [5.41, 5.74) is 0. The van der Waals surface area contributed by atoms with Gasteiger partial charge in [-0.3, -0.25) is 4.79 Å². The van der Waals surface area contributed by atoms with Gasteiger partial charge in [-0.1, -0.05) is 0 Å². The summed E-state index contributed by atoms with van der Waals surface area (Å²) >= 11 is 1.48. The number of aliphatic carboxylic acids is 1. The first-order valence-electron chi connectivity index (χ1n) is 4.22. The topological polar surface area (TPSA) is 91.3 Å². The minimum Gasteiger partial charge on any atom is -0.480 e. The van der Waals surface area contributed by atoms with Gasteiger partial charge in [0.1, 0.15) is 6.54 Å². The number of aryl methyl sites for hydroxylation is 1. The van der Waals surface area contributed by atoms with E-state index in [0.29, 0.717) is 6.54 Å². The Morgan fingerprint density at radius 3 is 2.80 bits per heavy atom. The molecular formula is C8H11N3O3S. The molecule has 7 heteroatoms. The van der Waals surface area contributed by atoms with Crippen molar-refractivity contribution in [3.8, 4) is 0 Å². The second-order valence-corrected chi connectivity index (χ2v) is 4.09. The van der Waals surface area contributed by atoms with Crippen molar-refractivity contribution in [1.82, 2.24) is 15.6 Å². The molecule has 0 atom stereocenters. The van der Waals surface area contributed by atoms with Crippen LogP contribution in [0.25, 0.3) is 0 Å². The van der Waals surface area contributed by atoms with Crippen LogP contribution >= 0.6 is 11.3 Å². The number of amides is 2. The van der Waals surface area contributed by atoms with Crippen LogP contribution in [-0.2, 0) is 11.3 Å². The molecule has 1 heterocycles. The van der Waals surface area contributed by atoms with Crippen LogP contribution < -0.4 is 10.6 Å². The van der Waals surface area contributed by atoms with E-state index in [1.165, 1.54) is 11.3 Å². The zero-order valence-electron chi connectivity index (χ0n) is 8.11. The predicted octanol–water partition coefficient (Wildman–Crippen LogP) is 0.335. The summed E-state index contributed by atoms with van der Waals surface area (Å²) in [4.78, 5) is 26.1. The third-order valence-electron chi connectivity index (χ3n) is 1.49. The minimum absolute atomic E-state index is 0.358. The number of urea groups is 1. The lowest BCUT2D eigenvalue weighted by Gasteiger charge is -2.03. The van der Waals surface area contributed by atoms with Crippen LogP contribution in [0.5, 0.6) is 0 Å². The molecule has 0 spiro atoms. The van der Waals surface area contributed by atoms with Gasteiger partial charge in [-0.25, -0.2) is 9.78 Å². The number of aromatic nitrogens is 1. The minimum atomic E-state index is -1.07. The highest BCUT2D eigenvalue weighted by molar-refractivity contribution is 7.11. The van der Waals surface area contributed by atoms with E-state index in [1.807, 2.05) is 6.92 Å². The van der Waals surface area contributed by atoms with Crippen molar-refractivity contribution >= 4 is 23.3 Å². The van der Waals surface area contributed by atoms with Crippen molar-refractivity contribution in [2.45, 2.75) is 13.5 Å². The molecular weight excluding hydrogens is 218 g/mol. The van der Waals surface area contributed by atoms with Gasteiger partial charge in [0, 0.05) is 11.1 Å². The van der Waals surface area contributed by atoms with E-state index in [2.05, 4.69) is 15.6 Å². The molecule has 6 nitrogen and oxygen atoms in total. The number of rotatable bonds is 4. The average Bonchev–Trinajstić information content (AvgIpc) is 2.58. The van der Waals surface area contributed by atoms with E-state index in [0.717, 1.165) is 9.88 Å². The van der Waals surface area contributed by atoms with Gasteiger partial charge in [0.15, 0.2) is 0 Å². The lowest BCUT2D eigenvalue weighted by atomic mass is 10.5. The Balaban J connectivity index is 2.25. The normalized spacial score (nSPS) is 9.67. The highest BCUT2D eigenvalue weighted by Crippen LogP contribution is 2.10. The Bertz CT molecular complexity index is 364. The van der Waals surface area contributed by atoms with Crippen LogP contribution in [0.4, 0.5) is 4.79 Å². The lowest BCUT2D eigenvalue weighted by Crippen LogP contribution is -2.37. The summed E-state index contributed by atoms with van der Waals surface area (Å²) in [6, 6.07) is -0.497. The van der Waals surface area contributed by atoms with E-state index in [4.69, 9.17) is 5.11 Å². The summed E-state index contributed by atoms with van der Waals surface area (Å²) in [6.07, 6.45) is 1.68. The van der Waals surface area contributed by atoms with E-state index < -0.39 is 12.0 Å². The van der Waals surface area contributed by atoms with E-state index >= 15 is 0 Å². The van der Waals surface area contributed by atoms with E-state index in [9.17, 15) is 9.59 Å². The summed E-state index contributed by atoms with van der Waals surface area (Å²) in [5.74, 6) is -1.07. The summed E-state index contributed by atoms with van der Waals surface area (Å²) in [7, 11) is 0. The predicted molar refractivity (Wildman–Crippen MR) is 54.7 cm³/mol. The Morgan fingerprint density at radius 1 is 1.53 bits per heavy atom. The first-order chi connectivity index (χ1) is 7.08. The summed E-state index contributed by atoms with van der Waals surface area (Å²) in [5, 5.41) is 13.9. The summed E-state index contributed by atoms with van der Waals surface area (Å²) < 4.78 is 0. The van der Waals surface area contributed by atoms with Gasteiger partial charge in [0.25, 0.3) is 0 Å². The van der Waals surface area contributed by atoms with Gasteiger partial charge in [0.05, 0.1) is 11.6 Å². The molecule has 3 N–H and O–H groups in total. The van der Waals surface area contributed by atoms with Gasteiger partial charge in [-0.05, 0) is 6.92 Å². The molecule has 1 aromatic heterocycles. The Kier molecular flexibility index (Phi) is 4.04. The van der Waals surface area contributed by atoms with Crippen LogP contribution in [0, 0.1) is 6.92 Å². The van der Waals surface area contributed by atoms with Crippen molar-refractivity contribution in [2.24, 2.45) is 0 Å². The molecule has 15 heavy (non-hydrogen) atoms. The molecule has 0 aromatic carbocycles. The van der Waals surface area contributed by atoms with Crippen LogP contribution in [0.15, 0.2) is 6.20 Å². The van der Waals surface area contributed by atoms with Crippen molar-refractivity contribution < 1.29 is 14.7 Å². The molecule has 2 amide bonds. The molecule has 1 rings (SSSR count). The van der Waals surface area contributed by atoms with Crippen molar-refractivity contribution in [3.63, 3.8) is 0 Å². The molecule has 0 radical (unpaired) electrons. The zero-order valence-corrected chi connectivity index (χ0v) is 8.93. The Morgan fingerprint density at radius 2 is 2.27 bits per heavy atom. The third-order valence-corrected chi connectivity index (χ3v) is 2.41. The fourth-order valence-electron chi connectivity index (χ4n) is 0.873. The average molecular weight is 229 g/mol. The molecule has 0 aliphatic heterocycles. The van der Waals surface area contributed by atoms with Gasteiger partial charge in [-0.2, -0.15) is 0 Å². The highest BCUT2D eigenvalue weighted by Gasteiger charge is 2.03. The number of carbonyl (C=O) groups excluding carboxylic acids is 1. The van der Waals surface area contributed by atoms with Crippen molar-refractivity contribution in [3.05, 3.63) is 16.1 Å². The number of carbonyl (C=O) groups is 2. The van der Waals surface area contributed by atoms with Crippen molar-refractivity contribution in [2.75, 3.05) is 6.54 Å². The first kappa shape index (κ1) is 11.4. The number of nitrogens with one attached hydrogen (secondary N) is 2. The van der Waals surface area contributed by atoms with Crippen LogP contribution in [-0.4, -0.2) is 28.6 Å². The van der Waals surface area contributed by atoms with Gasteiger partial charge in [0.2, 0.25) is 0 Å². The summed E-state index contributed by atoms with van der Waals surface area (Å²) in [6.45, 7) is 1.85. The number of hydrogen-bond donors (Lipinski definition) is 3. The molecule has 0 saturated heterocycles. The van der Waals surface area contributed by atoms with E-state index in [-0.39, 0.29) is 6.54 Å². The van der Waals surface area contributed by atoms with E-state index in [1.54, 1.807) is 6.20 Å². The zero-order chi connectivity index (χ0) is 11.3. The molecule has 0 saturated carbocycles. The lowest BCUT2D eigenvalue weighted by molar-refractivity contribution is -0.135. The third kappa shape index (κ3) is 4.41. The maximum absolute atomic E-state index is 11.0. The SMILES string of the molecule is Cc1ncc(CNC(=O)NCC(=O)O)s1. The molecule has 0 aliphatic carbocycles. The smallest absolute Gasteiger partial charge is 0.323 e. The quantitative estimate of drug-likeness (QED) is 0.694. The molecule has 0 unspecified atom stereocenters. The molecule has 0 aliphatic rings. The molecule has 0 bridgehead atoms. The second kappa shape index (κ2) is 5.30. The number of carboxylic acids is 1. The Labute approximate surface area is 90.3 Å². The van der Waals surface area contributed by atoms with Gasteiger partial charge < -0.3 is 15.7 Å². The maximum Gasteiger partial charge on any atom is 0.323 e. The van der Waals surface area contributed by atoms with Gasteiger partial charge in [-0.15, -0.1) is 11.3 Å². The van der Waals surface area contributed by atoms with Gasteiger partial charge >= 0.3 is 12.0 Å². The standard InChI is InChI=1S/C8H11N3O3S/c1-5-9-2-6(15-5)3-10-8(14)11-4-7(12)13/h2H,3-4H2,1H3,(H,12,13)(H2,10,11,14). The van der Waals surface area contributed by atoms with Crippen molar-refractivity contribution in [1.29, 1.82) is 0 Å². The first-order valence-corrected chi connectivity index (χ1v) is 5.04. The molecule has 1 aromatic rings. The monoisotopic (exact) mass is 229 g/mol.